The van der Waals surface area contributed by atoms with Crippen molar-refractivity contribution in [3.8, 4) is 11.8 Å². The molecule has 1 heterocycles. The molecule has 0 fully saturated rings. The number of carbonyl (C=O) groups is 3. The molecule has 0 saturated carbocycles. The normalized spacial score (nSPS) is 13.9. The molecule has 1 aliphatic heterocycles. The molecule has 49 heavy (non-hydrogen) atoms. The molecule has 1 aliphatic rings. The molecular formula is C37H51N3O6PS2-. The van der Waals surface area contributed by atoms with Crippen molar-refractivity contribution in [2.24, 2.45) is 5.92 Å². The second-order valence-electron chi connectivity index (χ2n) is 12.6. The number of anilines is 1. The van der Waals surface area contributed by atoms with Crippen molar-refractivity contribution in [3.63, 3.8) is 0 Å². The van der Waals surface area contributed by atoms with Crippen LogP contribution in [0, 0.1) is 17.8 Å². The van der Waals surface area contributed by atoms with E-state index in [0.717, 1.165) is 66.0 Å². The lowest BCUT2D eigenvalue weighted by Crippen LogP contribution is -2.33. The van der Waals surface area contributed by atoms with Crippen molar-refractivity contribution in [1.29, 1.82) is 0 Å². The number of benzene rings is 2. The molecule has 2 aromatic rings. The monoisotopic (exact) mass is 728 g/mol. The van der Waals surface area contributed by atoms with E-state index in [9.17, 15) is 23.8 Å². The number of rotatable bonds is 22. The molecule has 2 unspecified atom stereocenters. The fourth-order valence-electron chi connectivity index (χ4n) is 5.01. The molecule has 3 amide bonds. The Bertz CT molecular complexity index is 1480. The van der Waals surface area contributed by atoms with Gasteiger partial charge in [0.05, 0.1) is 18.8 Å². The highest BCUT2D eigenvalue weighted by atomic mass is 33.1. The lowest BCUT2D eigenvalue weighted by atomic mass is 10.0. The van der Waals surface area contributed by atoms with Crippen molar-refractivity contribution in [2.45, 2.75) is 90.8 Å². The van der Waals surface area contributed by atoms with E-state index in [0.29, 0.717) is 38.4 Å². The first-order valence-electron chi connectivity index (χ1n) is 17.3. The molecule has 0 aromatic heterocycles. The van der Waals surface area contributed by atoms with Crippen LogP contribution in [0.5, 0.6) is 0 Å². The zero-order valence-electron chi connectivity index (χ0n) is 29.0. The third-order valence-electron chi connectivity index (χ3n) is 8.19. The summed E-state index contributed by atoms with van der Waals surface area (Å²) in [5.41, 5.74) is 2.96. The van der Waals surface area contributed by atoms with Crippen molar-refractivity contribution in [2.75, 3.05) is 36.1 Å². The van der Waals surface area contributed by atoms with E-state index in [1.807, 2.05) is 48.5 Å². The van der Waals surface area contributed by atoms with Crippen LogP contribution in [0.4, 0.5) is 5.69 Å². The van der Waals surface area contributed by atoms with E-state index < -0.39 is 13.3 Å². The number of amides is 3. The van der Waals surface area contributed by atoms with E-state index in [1.165, 1.54) is 0 Å². The molecule has 12 heteroatoms. The maximum Gasteiger partial charge on any atom is 0.227 e. The molecule has 268 valence electrons. The summed E-state index contributed by atoms with van der Waals surface area (Å²) in [6.07, 6.45) is 5.99. The predicted molar refractivity (Wildman–Crippen MR) is 200 cm³/mol. The van der Waals surface area contributed by atoms with Gasteiger partial charge in [-0.05, 0) is 55.4 Å². The Kier molecular flexibility index (Phi) is 18.4. The van der Waals surface area contributed by atoms with Crippen molar-refractivity contribution in [3.05, 3.63) is 65.2 Å². The molecule has 0 aliphatic carbocycles. The van der Waals surface area contributed by atoms with Gasteiger partial charge in [0, 0.05) is 60.6 Å². The summed E-state index contributed by atoms with van der Waals surface area (Å²) in [5.74, 6) is 8.46. The number of nitrogens with zero attached hydrogens (tertiary/aromatic N) is 1. The topological polar surface area (TPSA) is 128 Å². The Hall–Kier alpha value is -2.74. The third kappa shape index (κ3) is 15.4. The second kappa shape index (κ2) is 22.2. The fraction of sp³-hybridized carbons (Fsp3) is 0.541. The summed E-state index contributed by atoms with van der Waals surface area (Å²) in [4.78, 5) is 51.4. The Morgan fingerprint density at radius 3 is 2.29 bits per heavy atom. The van der Waals surface area contributed by atoms with Crippen LogP contribution < -0.4 is 20.4 Å². The molecule has 0 spiro atoms. The number of para-hydroxylation sites is 1. The first kappa shape index (κ1) is 40.7. The number of unbranched alkanes of at least 4 members (excludes halogenated alkanes) is 3. The number of hydrogen-bond donors (Lipinski definition) is 2. The van der Waals surface area contributed by atoms with E-state index in [4.69, 9.17) is 4.52 Å². The molecule has 9 nitrogen and oxygen atoms in total. The Balaban J connectivity index is 1.19. The lowest BCUT2D eigenvalue weighted by Gasteiger charge is -2.26. The van der Waals surface area contributed by atoms with E-state index in [2.05, 4.69) is 29.4 Å². The van der Waals surface area contributed by atoms with E-state index in [-0.39, 0.29) is 37.2 Å². The Labute approximate surface area is 300 Å². The van der Waals surface area contributed by atoms with Crippen molar-refractivity contribution >= 4 is 52.6 Å². The minimum absolute atomic E-state index is 0.0743. The second-order valence-corrected chi connectivity index (χ2v) is 17.6. The standard InChI is InChI=1S/C37H52N3O6PS2/c1-29(2)47(44,45)46-25-11-5-4-10-23-38-35(41)19-16-30(3)22-26-48-49-27-24-39-36(42)20-21-37(43)40-28-33-14-7-6-12-31(33)17-18-32-13-8-9-15-34(32)40/h6-9,12-15,29-30H,4-5,10-11,16,19-28H2,1-3H3,(H,38,41)(H,39,42)(H,44,45)/p-1. The van der Waals surface area contributed by atoms with Gasteiger partial charge >= 0.3 is 0 Å². The summed E-state index contributed by atoms with van der Waals surface area (Å²) >= 11 is 0. The van der Waals surface area contributed by atoms with Crippen LogP contribution in [0.25, 0.3) is 0 Å². The van der Waals surface area contributed by atoms with Crippen LogP contribution in [-0.2, 0) is 30.0 Å². The fourth-order valence-corrected chi connectivity index (χ4v) is 7.86. The van der Waals surface area contributed by atoms with Gasteiger partial charge in [0.2, 0.25) is 17.7 Å². The number of carbonyl (C=O) groups excluding carboxylic acids is 3. The molecule has 0 saturated heterocycles. The van der Waals surface area contributed by atoms with Crippen LogP contribution in [-0.4, -0.2) is 54.6 Å². The van der Waals surface area contributed by atoms with Gasteiger partial charge in [-0.15, -0.1) is 0 Å². The number of hydrogen-bond acceptors (Lipinski definition) is 8. The van der Waals surface area contributed by atoms with Gasteiger partial charge in [-0.3, -0.25) is 14.4 Å². The van der Waals surface area contributed by atoms with Gasteiger partial charge in [0.1, 0.15) is 7.60 Å². The van der Waals surface area contributed by atoms with Crippen molar-refractivity contribution in [1.82, 2.24) is 10.6 Å². The zero-order chi connectivity index (χ0) is 35.5. The van der Waals surface area contributed by atoms with Crippen LogP contribution in [0.3, 0.4) is 0 Å². The van der Waals surface area contributed by atoms with Crippen LogP contribution in [0.1, 0.15) is 95.2 Å². The molecule has 0 bridgehead atoms. The largest absolute Gasteiger partial charge is 0.778 e. The average Bonchev–Trinajstić information content (AvgIpc) is 3.07. The quantitative estimate of drug-likeness (QED) is 0.0596. The average molecular weight is 729 g/mol. The lowest BCUT2D eigenvalue weighted by molar-refractivity contribution is -0.200. The minimum Gasteiger partial charge on any atom is -0.778 e. The number of fused-ring (bicyclic) bond motifs is 2. The molecule has 0 radical (unpaired) electrons. The summed E-state index contributed by atoms with van der Waals surface area (Å²) in [6.45, 7) is 7.22. The first-order chi connectivity index (χ1) is 23.6. The van der Waals surface area contributed by atoms with E-state index in [1.54, 1.807) is 40.3 Å². The predicted octanol–water partition coefficient (Wildman–Crippen LogP) is 6.67. The first-order valence-corrected chi connectivity index (χ1v) is 21.4. The maximum atomic E-state index is 13.3. The molecule has 2 N–H and O–H groups in total. The van der Waals surface area contributed by atoms with E-state index >= 15 is 0 Å². The zero-order valence-corrected chi connectivity index (χ0v) is 31.6. The summed E-state index contributed by atoms with van der Waals surface area (Å²) in [7, 11) is -0.237. The van der Waals surface area contributed by atoms with Gasteiger partial charge in [-0.2, -0.15) is 0 Å². The molecule has 2 atom stereocenters. The summed E-state index contributed by atoms with van der Waals surface area (Å²) in [5, 5.41) is 5.91. The Morgan fingerprint density at radius 1 is 0.837 bits per heavy atom. The molecule has 3 rings (SSSR count). The smallest absolute Gasteiger partial charge is 0.227 e. The van der Waals surface area contributed by atoms with Gasteiger partial charge in [-0.25, -0.2) is 0 Å². The molecular weight excluding hydrogens is 678 g/mol. The van der Waals surface area contributed by atoms with Gasteiger partial charge < -0.3 is 29.5 Å². The SMILES string of the molecule is CC(CCSSCCNC(=O)CCC(=O)N1Cc2ccccc2C#Cc2ccccc21)CCC(=O)NCCCCCCOP(=O)([O-])C(C)C. The van der Waals surface area contributed by atoms with Crippen molar-refractivity contribution < 1.29 is 28.4 Å². The summed E-state index contributed by atoms with van der Waals surface area (Å²) in [6, 6.07) is 15.5. The number of nitrogens with one attached hydrogen (secondary N) is 2. The highest BCUT2D eigenvalue weighted by Gasteiger charge is 2.21. The Morgan fingerprint density at radius 2 is 1.49 bits per heavy atom. The van der Waals surface area contributed by atoms with Crippen LogP contribution in [0.15, 0.2) is 48.5 Å². The maximum absolute atomic E-state index is 13.3. The van der Waals surface area contributed by atoms with Crippen LogP contribution in [0.2, 0.25) is 0 Å². The highest BCUT2D eigenvalue weighted by Crippen LogP contribution is 2.42. The van der Waals surface area contributed by atoms with Crippen LogP contribution >= 0.6 is 29.2 Å². The third-order valence-corrected chi connectivity index (χ3v) is 12.4. The minimum atomic E-state index is -3.73. The van der Waals surface area contributed by atoms with Gasteiger partial charge in [0.15, 0.2) is 0 Å². The molecule has 2 aromatic carbocycles. The van der Waals surface area contributed by atoms with Gasteiger partial charge in [-0.1, -0.05) is 97.4 Å². The highest BCUT2D eigenvalue weighted by molar-refractivity contribution is 8.76. The van der Waals surface area contributed by atoms with Gasteiger partial charge in [0.25, 0.3) is 0 Å². The summed E-state index contributed by atoms with van der Waals surface area (Å²) < 4.78 is 16.6.